The fraction of sp³-hybridized carbons (Fsp3) is 0.556. The number of rotatable bonds is 5. The number of likely N-dealkylation sites (tertiary alicyclic amines) is 1. The largest absolute Gasteiger partial charge is 0.486 e. The van der Waals surface area contributed by atoms with E-state index in [1.165, 1.54) is 4.90 Å². The molecule has 2 rings (SSSR count). The Morgan fingerprint density at radius 2 is 1.88 bits per heavy atom. The summed E-state index contributed by atoms with van der Waals surface area (Å²) in [6.45, 7) is 6.99. The summed E-state index contributed by atoms with van der Waals surface area (Å²) in [6.07, 6.45) is 0.569. The molecule has 6 heteroatoms. The average Bonchev–Trinajstić information content (AvgIpc) is 2.49. The molecular formula is C18H27N3O3. The van der Waals surface area contributed by atoms with Crippen LogP contribution in [-0.4, -0.2) is 61.1 Å². The van der Waals surface area contributed by atoms with E-state index < -0.39 is 6.04 Å². The zero-order valence-corrected chi connectivity index (χ0v) is 15.1. The van der Waals surface area contributed by atoms with Gasteiger partial charge in [0.1, 0.15) is 17.9 Å². The Kier molecular flexibility index (Phi) is 5.70. The Morgan fingerprint density at radius 3 is 2.38 bits per heavy atom. The van der Waals surface area contributed by atoms with Gasteiger partial charge in [0, 0.05) is 14.1 Å². The van der Waals surface area contributed by atoms with E-state index in [1.54, 1.807) is 19.0 Å². The maximum Gasteiger partial charge on any atom is 0.318 e. The molecule has 1 atom stereocenters. The monoisotopic (exact) mass is 333 g/mol. The first-order valence-electron chi connectivity index (χ1n) is 8.33. The van der Waals surface area contributed by atoms with Crippen molar-refractivity contribution in [3.05, 3.63) is 29.3 Å². The number of ether oxygens (including phenoxy) is 1. The molecule has 0 aliphatic carbocycles. The minimum absolute atomic E-state index is 0.000164. The van der Waals surface area contributed by atoms with E-state index in [4.69, 9.17) is 4.74 Å². The van der Waals surface area contributed by atoms with Crippen LogP contribution >= 0.6 is 0 Å². The van der Waals surface area contributed by atoms with Crippen molar-refractivity contribution in [1.82, 2.24) is 15.1 Å². The minimum atomic E-state index is -0.480. The van der Waals surface area contributed by atoms with Crippen LogP contribution in [0.1, 0.15) is 24.5 Å². The molecule has 6 nitrogen and oxygen atoms in total. The minimum Gasteiger partial charge on any atom is -0.486 e. The first-order valence-corrected chi connectivity index (χ1v) is 8.33. The highest BCUT2D eigenvalue weighted by Crippen LogP contribution is 2.26. The van der Waals surface area contributed by atoms with Gasteiger partial charge in [0.2, 0.25) is 5.91 Å². The molecule has 0 bridgehead atoms. The van der Waals surface area contributed by atoms with Crippen LogP contribution in [0.3, 0.4) is 0 Å². The van der Waals surface area contributed by atoms with Crippen molar-refractivity contribution in [1.29, 1.82) is 0 Å². The van der Waals surface area contributed by atoms with Gasteiger partial charge in [0.25, 0.3) is 0 Å². The van der Waals surface area contributed by atoms with Crippen molar-refractivity contribution >= 4 is 11.9 Å². The van der Waals surface area contributed by atoms with Crippen molar-refractivity contribution in [3.8, 4) is 5.75 Å². The Morgan fingerprint density at radius 1 is 1.29 bits per heavy atom. The number of aryl methyl sites for hydroxylation is 2. The van der Waals surface area contributed by atoms with Gasteiger partial charge in [0.15, 0.2) is 0 Å². The summed E-state index contributed by atoms with van der Waals surface area (Å²) < 4.78 is 6.01. The van der Waals surface area contributed by atoms with E-state index in [-0.39, 0.29) is 18.0 Å². The highest BCUT2D eigenvalue weighted by Gasteiger charge is 2.34. The lowest BCUT2D eigenvalue weighted by Crippen LogP contribution is -2.61. The SMILES string of the molecule is CC[C@H](NC(=O)N1CC(Oc2c(C)cccc2C)C1)C(=O)N(C)C. The second-order valence-electron chi connectivity index (χ2n) is 6.51. The Hall–Kier alpha value is -2.24. The lowest BCUT2D eigenvalue weighted by molar-refractivity contribution is -0.130. The smallest absolute Gasteiger partial charge is 0.318 e. The molecule has 1 heterocycles. The van der Waals surface area contributed by atoms with Gasteiger partial charge in [-0.15, -0.1) is 0 Å². The molecule has 1 aromatic rings. The number of para-hydroxylation sites is 1. The lowest BCUT2D eigenvalue weighted by Gasteiger charge is -2.40. The van der Waals surface area contributed by atoms with Crippen LogP contribution in [0.2, 0.25) is 0 Å². The second-order valence-corrected chi connectivity index (χ2v) is 6.51. The molecule has 1 fully saturated rings. The standard InChI is InChI=1S/C18H27N3O3/c1-6-15(17(22)20(4)5)19-18(23)21-10-14(11-21)24-16-12(2)8-7-9-13(16)3/h7-9,14-15H,6,10-11H2,1-5H3,(H,19,23)/t15-/m0/s1. The molecule has 0 radical (unpaired) electrons. The van der Waals surface area contributed by atoms with Gasteiger partial charge in [-0.25, -0.2) is 4.79 Å². The van der Waals surface area contributed by atoms with E-state index in [0.717, 1.165) is 16.9 Å². The van der Waals surface area contributed by atoms with E-state index in [2.05, 4.69) is 5.32 Å². The van der Waals surface area contributed by atoms with Crippen molar-refractivity contribution in [2.45, 2.75) is 39.3 Å². The third-order valence-corrected chi connectivity index (χ3v) is 4.27. The number of hydrogen-bond acceptors (Lipinski definition) is 3. The summed E-state index contributed by atoms with van der Waals surface area (Å²) in [4.78, 5) is 27.4. The fourth-order valence-corrected chi connectivity index (χ4v) is 2.72. The van der Waals surface area contributed by atoms with E-state index in [0.29, 0.717) is 19.5 Å². The van der Waals surface area contributed by atoms with Crippen LogP contribution < -0.4 is 10.1 Å². The van der Waals surface area contributed by atoms with Crippen molar-refractivity contribution < 1.29 is 14.3 Å². The van der Waals surface area contributed by atoms with Crippen LogP contribution in [0.15, 0.2) is 18.2 Å². The number of carbonyl (C=O) groups excluding carboxylic acids is 2. The predicted octanol–water partition coefficient (Wildman–Crippen LogP) is 1.94. The molecule has 0 unspecified atom stereocenters. The second kappa shape index (κ2) is 7.55. The maximum atomic E-state index is 12.2. The molecule has 0 saturated carbocycles. The number of nitrogens with one attached hydrogen (secondary N) is 1. The van der Waals surface area contributed by atoms with E-state index in [1.807, 2.05) is 39.0 Å². The quantitative estimate of drug-likeness (QED) is 0.896. The molecule has 0 aromatic heterocycles. The van der Waals surface area contributed by atoms with Gasteiger partial charge in [-0.1, -0.05) is 25.1 Å². The number of urea groups is 1. The number of carbonyl (C=O) groups is 2. The van der Waals surface area contributed by atoms with Gasteiger partial charge >= 0.3 is 6.03 Å². The van der Waals surface area contributed by atoms with E-state index >= 15 is 0 Å². The molecule has 1 saturated heterocycles. The van der Waals surface area contributed by atoms with Gasteiger partial charge in [-0.3, -0.25) is 4.79 Å². The molecule has 1 aliphatic rings. The van der Waals surface area contributed by atoms with Gasteiger partial charge in [-0.05, 0) is 31.4 Å². The number of nitrogens with zero attached hydrogens (tertiary/aromatic N) is 2. The topological polar surface area (TPSA) is 61.9 Å². The van der Waals surface area contributed by atoms with Crippen LogP contribution in [0.5, 0.6) is 5.75 Å². The lowest BCUT2D eigenvalue weighted by atomic mass is 10.1. The first kappa shape index (κ1) is 18.1. The molecule has 1 N–H and O–H groups in total. The number of benzene rings is 1. The Bertz CT molecular complexity index is 589. The van der Waals surface area contributed by atoms with Gasteiger partial charge < -0.3 is 19.9 Å². The molecule has 1 aromatic carbocycles. The van der Waals surface area contributed by atoms with Crippen LogP contribution in [0, 0.1) is 13.8 Å². The van der Waals surface area contributed by atoms with E-state index in [9.17, 15) is 9.59 Å². The average molecular weight is 333 g/mol. The molecule has 3 amide bonds. The Balaban J connectivity index is 1.85. The number of hydrogen-bond donors (Lipinski definition) is 1. The summed E-state index contributed by atoms with van der Waals surface area (Å²) in [5.41, 5.74) is 2.20. The molecular weight excluding hydrogens is 306 g/mol. The molecule has 24 heavy (non-hydrogen) atoms. The highest BCUT2D eigenvalue weighted by molar-refractivity contribution is 5.87. The maximum absolute atomic E-state index is 12.2. The van der Waals surface area contributed by atoms with Crippen LogP contribution in [0.25, 0.3) is 0 Å². The van der Waals surface area contributed by atoms with Crippen LogP contribution in [-0.2, 0) is 4.79 Å². The number of amides is 3. The van der Waals surface area contributed by atoms with Crippen molar-refractivity contribution in [3.63, 3.8) is 0 Å². The third-order valence-electron chi connectivity index (χ3n) is 4.27. The zero-order chi connectivity index (χ0) is 17.9. The van der Waals surface area contributed by atoms with Crippen LogP contribution in [0.4, 0.5) is 4.79 Å². The molecule has 0 spiro atoms. The van der Waals surface area contributed by atoms with Gasteiger partial charge in [0.05, 0.1) is 13.1 Å². The summed E-state index contributed by atoms with van der Waals surface area (Å²) in [7, 11) is 3.38. The normalized spacial score (nSPS) is 15.5. The number of likely N-dealkylation sites (N-methyl/N-ethyl adjacent to an activating group) is 1. The summed E-state index contributed by atoms with van der Waals surface area (Å²) in [6, 6.07) is 5.35. The molecule has 1 aliphatic heterocycles. The van der Waals surface area contributed by atoms with Gasteiger partial charge in [-0.2, -0.15) is 0 Å². The highest BCUT2D eigenvalue weighted by atomic mass is 16.5. The first-order chi connectivity index (χ1) is 11.3. The van der Waals surface area contributed by atoms with Crippen molar-refractivity contribution in [2.75, 3.05) is 27.2 Å². The zero-order valence-electron chi connectivity index (χ0n) is 15.1. The molecule has 132 valence electrons. The summed E-state index contributed by atoms with van der Waals surface area (Å²) >= 11 is 0. The van der Waals surface area contributed by atoms with Crippen molar-refractivity contribution in [2.24, 2.45) is 0 Å². The third kappa shape index (κ3) is 3.99. The fourth-order valence-electron chi connectivity index (χ4n) is 2.72. The summed E-state index contributed by atoms with van der Waals surface area (Å²) in [5.74, 6) is 0.812. The Labute approximate surface area is 143 Å². The predicted molar refractivity (Wildman–Crippen MR) is 93.2 cm³/mol. The summed E-state index contributed by atoms with van der Waals surface area (Å²) in [5, 5.41) is 2.80.